The predicted molar refractivity (Wildman–Crippen MR) is 90.1 cm³/mol. The molecule has 0 saturated heterocycles. The lowest BCUT2D eigenvalue weighted by molar-refractivity contribution is -0.122. The van der Waals surface area contributed by atoms with Crippen molar-refractivity contribution in [3.8, 4) is 0 Å². The topological polar surface area (TPSA) is 90.7 Å². The van der Waals surface area contributed by atoms with Gasteiger partial charge < -0.3 is 20.2 Å². The molecule has 2 atom stereocenters. The summed E-state index contributed by atoms with van der Waals surface area (Å²) in [5.41, 5.74) is 4.76. The van der Waals surface area contributed by atoms with E-state index in [4.69, 9.17) is 14.9 Å². The normalized spacial score (nSPS) is 15.9. The maximum atomic E-state index is 11.9. The Morgan fingerprint density at radius 2 is 1.55 bits per heavy atom. The monoisotopic (exact) mass is 332 g/mol. The van der Waals surface area contributed by atoms with Crippen LogP contribution in [0.3, 0.4) is 0 Å². The van der Waals surface area contributed by atoms with Crippen molar-refractivity contribution in [1.29, 1.82) is 0 Å². The first-order chi connectivity index (χ1) is 9.57. The molecule has 0 aromatic rings. The van der Waals surface area contributed by atoms with Gasteiger partial charge in [0.05, 0.1) is 6.10 Å². The summed E-state index contributed by atoms with van der Waals surface area (Å²) in [5.74, 6) is -0.642. The number of hydrogen-bond donors (Lipinski definition) is 2. The highest BCUT2D eigenvalue weighted by Gasteiger charge is 2.41. The van der Waals surface area contributed by atoms with E-state index in [1.54, 1.807) is 27.7 Å². The Hall–Kier alpha value is -1.08. The third-order valence-corrected chi connectivity index (χ3v) is 8.31. The molecule has 0 aromatic heterocycles. The minimum atomic E-state index is -2.07. The van der Waals surface area contributed by atoms with E-state index >= 15 is 0 Å². The zero-order chi connectivity index (χ0) is 17.9. The number of amides is 2. The summed E-state index contributed by atoms with van der Waals surface area (Å²) in [6, 6.07) is -0.927. The molecule has 0 unspecified atom stereocenters. The van der Waals surface area contributed by atoms with Gasteiger partial charge in [-0.3, -0.25) is 4.79 Å². The highest BCUT2D eigenvalue weighted by atomic mass is 28.4. The second-order valence-corrected chi connectivity index (χ2v) is 12.9. The van der Waals surface area contributed by atoms with E-state index in [-0.39, 0.29) is 5.04 Å². The SMILES string of the molecule is C[C@@H](O[Si](C)(C)C(C)(C)C)[C@H](NC(=O)OC(C)(C)C)C(N)=O. The van der Waals surface area contributed by atoms with Crippen molar-refractivity contribution in [2.75, 3.05) is 0 Å². The fraction of sp³-hybridized carbons (Fsp3) is 0.867. The summed E-state index contributed by atoms with van der Waals surface area (Å²) in [6.45, 7) is 17.5. The van der Waals surface area contributed by atoms with E-state index in [9.17, 15) is 9.59 Å². The second kappa shape index (κ2) is 7.00. The summed E-state index contributed by atoms with van der Waals surface area (Å²) < 4.78 is 11.3. The van der Waals surface area contributed by atoms with Crippen molar-refractivity contribution in [1.82, 2.24) is 5.32 Å². The van der Waals surface area contributed by atoms with Gasteiger partial charge in [0.1, 0.15) is 11.6 Å². The summed E-state index contributed by atoms with van der Waals surface area (Å²) in [7, 11) is -2.07. The fourth-order valence-corrected chi connectivity index (χ4v) is 2.98. The van der Waals surface area contributed by atoms with Crippen LogP contribution >= 0.6 is 0 Å². The first-order valence-corrected chi connectivity index (χ1v) is 10.4. The number of primary amides is 1. The Balaban J connectivity index is 4.97. The molecule has 3 N–H and O–H groups in total. The fourth-order valence-electron chi connectivity index (χ4n) is 1.56. The molecule has 0 radical (unpaired) electrons. The van der Waals surface area contributed by atoms with Crippen LogP contribution in [-0.2, 0) is 14.0 Å². The molecule has 22 heavy (non-hydrogen) atoms. The Morgan fingerprint density at radius 3 is 1.86 bits per heavy atom. The largest absolute Gasteiger partial charge is 0.444 e. The van der Waals surface area contributed by atoms with Gasteiger partial charge in [0.25, 0.3) is 0 Å². The molecular weight excluding hydrogens is 300 g/mol. The predicted octanol–water partition coefficient (Wildman–Crippen LogP) is 2.78. The van der Waals surface area contributed by atoms with Crippen LogP contribution in [0.15, 0.2) is 0 Å². The highest BCUT2D eigenvalue weighted by Crippen LogP contribution is 2.37. The molecule has 0 aliphatic rings. The first-order valence-electron chi connectivity index (χ1n) is 7.53. The average Bonchev–Trinajstić information content (AvgIpc) is 2.20. The molecule has 0 bridgehead atoms. The van der Waals surface area contributed by atoms with Crippen LogP contribution < -0.4 is 11.1 Å². The van der Waals surface area contributed by atoms with Crippen molar-refractivity contribution in [3.63, 3.8) is 0 Å². The first kappa shape index (κ1) is 20.9. The van der Waals surface area contributed by atoms with Crippen LogP contribution in [0.25, 0.3) is 0 Å². The summed E-state index contributed by atoms with van der Waals surface area (Å²) in [5, 5.41) is 2.50. The van der Waals surface area contributed by atoms with Crippen molar-refractivity contribution in [2.24, 2.45) is 5.73 Å². The van der Waals surface area contributed by atoms with Crippen LogP contribution in [-0.4, -0.2) is 38.1 Å². The Morgan fingerprint density at radius 1 is 1.09 bits per heavy atom. The molecule has 0 heterocycles. The van der Waals surface area contributed by atoms with Gasteiger partial charge in [0, 0.05) is 0 Å². The quantitative estimate of drug-likeness (QED) is 0.757. The van der Waals surface area contributed by atoms with E-state index < -0.39 is 38.1 Å². The van der Waals surface area contributed by atoms with Crippen molar-refractivity contribution in [2.45, 2.75) is 84.3 Å². The summed E-state index contributed by atoms with van der Waals surface area (Å²) in [4.78, 5) is 23.5. The minimum Gasteiger partial charge on any atom is -0.444 e. The van der Waals surface area contributed by atoms with Gasteiger partial charge in [-0.2, -0.15) is 0 Å². The zero-order valence-corrected chi connectivity index (χ0v) is 16.4. The average molecular weight is 333 g/mol. The van der Waals surface area contributed by atoms with E-state index in [0.717, 1.165) is 0 Å². The highest BCUT2D eigenvalue weighted by molar-refractivity contribution is 6.74. The van der Waals surface area contributed by atoms with E-state index in [2.05, 4.69) is 39.2 Å². The van der Waals surface area contributed by atoms with Crippen LogP contribution in [0.2, 0.25) is 18.1 Å². The molecule has 2 amide bonds. The molecule has 0 rings (SSSR count). The molecule has 0 saturated carbocycles. The van der Waals surface area contributed by atoms with Gasteiger partial charge in [0.15, 0.2) is 8.32 Å². The van der Waals surface area contributed by atoms with Crippen molar-refractivity contribution in [3.05, 3.63) is 0 Å². The molecular formula is C15H32N2O4Si. The molecule has 0 fully saturated rings. The number of nitrogens with two attached hydrogens (primary N) is 1. The third kappa shape index (κ3) is 6.78. The van der Waals surface area contributed by atoms with Crippen LogP contribution in [0, 0.1) is 0 Å². The maximum Gasteiger partial charge on any atom is 0.408 e. The number of carbonyl (C=O) groups excluding carboxylic acids is 2. The van der Waals surface area contributed by atoms with E-state index in [1.165, 1.54) is 0 Å². The minimum absolute atomic E-state index is 0.00459. The van der Waals surface area contributed by atoms with Gasteiger partial charge in [-0.05, 0) is 45.8 Å². The smallest absolute Gasteiger partial charge is 0.408 e. The molecule has 0 aliphatic heterocycles. The number of carbonyl (C=O) groups is 2. The van der Waals surface area contributed by atoms with Gasteiger partial charge in [0.2, 0.25) is 5.91 Å². The van der Waals surface area contributed by atoms with E-state index in [0.29, 0.717) is 0 Å². The standard InChI is InChI=1S/C15H32N2O4Si/c1-10(21-22(8,9)15(5,6)7)11(12(16)18)17-13(19)20-14(2,3)4/h10-11H,1-9H3,(H2,16,18)(H,17,19)/t10-,11+/m1/s1. The lowest BCUT2D eigenvalue weighted by atomic mass is 10.2. The van der Waals surface area contributed by atoms with E-state index in [1.807, 2.05) is 0 Å². The summed E-state index contributed by atoms with van der Waals surface area (Å²) >= 11 is 0. The number of alkyl carbamates (subject to hydrolysis) is 1. The number of hydrogen-bond acceptors (Lipinski definition) is 4. The van der Waals surface area contributed by atoms with Crippen LogP contribution in [0.5, 0.6) is 0 Å². The van der Waals surface area contributed by atoms with Gasteiger partial charge in [-0.15, -0.1) is 0 Å². The molecule has 6 nitrogen and oxygen atoms in total. The van der Waals surface area contributed by atoms with Gasteiger partial charge in [-0.25, -0.2) is 4.79 Å². The van der Waals surface area contributed by atoms with Crippen molar-refractivity contribution < 1.29 is 18.8 Å². The molecule has 130 valence electrons. The van der Waals surface area contributed by atoms with Crippen LogP contribution in [0.4, 0.5) is 4.79 Å². The molecule has 0 aromatic carbocycles. The Kier molecular flexibility index (Phi) is 6.65. The lowest BCUT2D eigenvalue weighted by Crippen LogP contribution is -2.56. The van der Waals surface area contributed by atoms with Gasteiger partial charge >= 0.3 is 6.09 Å². The Labute approximate surface area is 135 Å². The molecule has 0 spiro atoms. The zero-order valence-electron chi connectivity index (χ0n) is 15.4. The maximum absolute atomic E-state index is 11.9. The second-order valence-electron chi connectivity index (χ2n) is 8.11. The Bertz CT molecular complexity index is 411. The van der Waals surface area contributed by atoms with Crippen molar-refractivity contribution >= 4 is 20.3 Å². The molecule has 0 aliphatic carbocycles. The van der Waals surface area contributed by atoms with Gasteiger partial charge in [-0.1, -0.05) is 20.8 Å². The lowest BCUT2D eigenvalue weighted by Gasteiger charge is -2.40. The number of ether oxygens (including phenoxy) is 1. The molecule has 7 heteroatoms. The number of rotatable bonds is 5. The van der Waals surface area contributed by atoms with Crippen LogP contribution in [0.1, 0.15) is 48.5 Å². The summed E-state index contributed by atoms with van der Waals surface area (Å²) in [6.07, 6.45) is -1.20. The number of nitrogens with one attached hydrogen (secondary N) is 1. The third-order valence-electron chi connectivity index (χ3n) is 3.73.